The van der Waals surface area contributed by atoms with Crippen LogP contribution in [0.1, 0.15) is 17.5 Å². The van der Waals surface area contributed by atoms with Gasteiger partial charge in [-0.25, -0.2) is 0 Å². The van der Waals surface area contributed by atoms with Gasteiger partial charge in [0.2, 0.25) is 0 Å². The van der Waals surface area contributed by atoms with Gasteiger partial charge in [0.25, 0.3) is 0 Å². The van der Waals surface area contributed by atoms with Crippen LogP contribution in [0.4, 0.5) is 0 Å². The first-order valence-corrected chi connectivity index (χ1v) is 3.88. The van der Waals surface area contributed by atoms with Gasteiger partial charge in [0.05, 0.1) is 0 Å². The van der Waals surface area contributed by atoms with Gasteiger partial charge in [-0.3, -0.25) is 0 Å². The van der Waals surface area contributed by atoms with Gasteiger partial charge in [0.1, 0.15) is 5.75 Å². The summed E-state index contributed by atoms with van der Waals surface area (Å²) < 4.78 is 0. The van der Waals surface area contributed by atoms with Crippen LogP contribution in [0.25, 0.3) is 0 Å². The molecule has 2 rings (SSSR count). The normalized spacial score (nSPS) is 14.6. The molecule has 1 aliphatic rings. The first-order valence-electron chi connectivity index (χ1n) is 3.88. The zero-order chi connectivity index (χ0) is 7.68. The average molecular weight is 149 g/mol. The highest BCUT2D eigenvalue weighted by Crippen LogP contribution is 2.25. The SMILES string of the molecule is NOc1ccc2c(c1)CCC2. The molecule has 0 aromatic heterocycles. The predicted molar refractivity (Wildman–Crippen MR) is 43.3 cm³/mol. The lowest BCUT2D eigenvalue weighted by molar-refractivity contribution is 0.334. The van der Waals surface area contributed by atoms with Crippen LogP contribution in [0.5, 0.6) is 5.75 Å². The van der Waals surface area contributed by atoms with Crippen molar-refractivity contribution < 1.29 is 4.84 Å². The number of rotatable bonds is 1. The third-order valence-electron chi connectivity index (χ3n) is 2.21. The molecule has 0 radical (unpaired) electrons. The Morgan fingerprint density at radius 2 is 2.00 bits per heavy atom. The highest BCUT2D eigenvalue weighted by Gasteiger charge is 2.10. The molecule has 0 atom stereocenters. The van der Waals surface area contributed by atoms with Gasteiger partial charge in [0, 0.05) is 0 Å². The molecule has 2 heteroatoms. The summed E-state index contributed by atoms with van der Waals surface area (Å²) >= 11 is 0. The lowest BCUT2D eigenvalue weighted by Crippen LogP contribution is -2.01. The number of fused-ring (bicyclic) bond motifs is 1. The number of hydrogen-bond donors (Lipinski definition) is 1. The van der Waals surface area contributed by atoms with E-state index < -0.39 is 0 Å². The van der Waals surface area contributed by atoms with E-state index in [4.69, 9.17) is 5.90 Å². The van der Waals surface area contributed by atoms with E-state index in [-0.39, 0.29) is 0 Å². The van der Waals surface area contributed by atoms with Crippen molar-refractivity contribution in [1.82, 2.24) is 0 Å². The summed E-state index contributed by atoms with van der Waals surface area (Å²) in [6.45, 7) is 0. The molecule has 0 fully saturated rings. The van der Waals surface area contributed by atoms with Crippen molar-refractivity contribution in [3.8, 4) is 5.75 Å². The van der Waals surface area contributed by atoms with Crippen LogP contribution in [0, 0.1) is 0 Å². The van der Waals surface area contributed by atoms with Crippen LogP contribution >= 0.6 is 0 Å². The van der Waals surface area contributed by atoms with Gasteiger partial charge in [-0.15, -0.1) is 0 Å². The van der Waals surface area contributed by atoms with Gasteiger partial charge in [-0.05, 0) is 42.5 Å². The number of benzene rings is 1. The molecule has 58 valence electrons. The fraction of sp³-hybridized carbons (Fsp3) is 0.333. The third kappa shape index (κ3) is 1.10. The Morgan fingerprint density at radius 1 is 1.18 bits per heavy atom. The summed E-state index contributed by atoms with van der Waals surface area (Å²) in [4.78, 5) is 4.64. The van der Waals surface area contributed by atoms with Crippen molar-refractivity contribution in [2.24, 2.45) is 5.90 Å². The summed E-state index contributed by atoms with van der Waals surface area (Å²) in [7, 11) is 0. The van der Waals surface area contributed by atoms with E-state index in [1.807, 2.05) is 12.1 Å². The minimum atomic E-state index is 0.769. The van der Waals surface area contributed by atoms with E-state index in [2.05, 4.69) is 10.9 Å². The van der Waals surface area contributed by atoms with E-state index in [0.29, 0.717) is 0 Å². The highest BCUT2D eigenvalue weighted by atomic mass is 16.6. The Kier molecular flexibility index (Phi) is 1.55. The second-order valence-electron chi connectivity index (χ2n) is 2.90. The smallest absolute Gasteiger partial charge is 0.147 e. The standard InChI is InChI=1S/C9H11NO/c10-11-9-5-4-7-2-1-3-8(7)6-9/h4-6H,1-3,10H2. The average Bonchev–Trinajstić information content (AvgIpc) is 2.50. The van der Waals surface area contributed by atoms with Crippen molar-refractivity contribution in [1.29, 1.82) is 0 Å². The maximum Gasteiger partial charge on any atom is 0.147 e. The quantitative estimate of drug-likeness (QED) is 0.613. The minimum Gasteiger partial charge on any atom is -0.412 e. The zero-order valence-corrected chi connectivity index (χ0v) is 6.34. The molecule has 11 heavy (non-hydrogen) atoms. The van der Waals surface area contributed by atoms with Crippen LogP contribution < -0.4 is 10.7 Å². The molecule has 0 spiro atoms. The molecular formula is C9H11NO. The molecule has 0 saturated carbocycles. The fourth-order valence-electron chi connectivity index (χ4n) is 1.62. The Labute approximate surface area is 65.9 Å². The molecule has 0 heterocycles. The van der Waals surface area contributed by atoms with Crippen molar-refractivity contribution in [3.05, 3.63) is 29.3 Å². The van der Waals surface area contributed by atoms with E-state index in [1.54, 1.807) is 0 Å². The molecule has 0 saturated heterocycles. The van der Waals surface area contributed by atoms with Crippen LogP contribution in [0.15, 0.2) is 18.2 Å². The van der Waals surface area contributed by atoms with Gasteiger partial charge in [-0.1, -0.05) is 6.07 Å². The van der Waals surface area contributed by atoms with Crippen LogP contribution in [-0.2, 0) is 12.8 Å². The molecule has 0 amide bonds. The van der Waals surface area contributed by atoms with E-state index in [0.717, 1.165) is 5.75 Å². The number of hydrogen-bond acceptors (Lipinski definition) is 2. The second kappa shape index (κ2) is 2.55. The number of aryl methyl sites for hydroxylation is 2. The van der Waals surface area contributed by atoms with E-state index >= 15 is 0 Å². The summed E-state index contributed by atoms with van der Waals surface area (Å²) in [5.74, 6) is 5.81. The fourth-order valence-corrected chi connectivity index (χ4v) is 1.62. The van der Waals surface area contributed by atoms with Crippen molar-refractivity contribution >= 4 is 0 Å². The van der Waals surface area contributed by atoms with Gasteiger partial charge in [0.15, 0.2) is 0 Å². The molecule has 1 aliphatic carbocycles. The molecule has 1 aromatic carbocycles. The number of nitrogens with two attached hydrogens (primary N) is 1. The lowest BCUT2D eigenvalue weighted by atomic mass is 10.1. The molecule has 0 aliphatic heterocycles. The van der Waals surface area contributed by atoms with Crippen molar-refractivity contribution in [2.75, 3.05) is 0 Å². The summed E-state index contributed by atoms with van der Waals surface area (Å²) in [6.07, 6.45) is 3.65. The molecule has 1 aromatic rings. The van der Waals surface area contributed by atoms with Crippen LogP contribution in [0.2, 0.25) is 0 Å². The van der Waals surface area contributed by atoms with E-state index in [9.17, 15) is 0 Å². The Bertz CT molecular complexity index is 270. The van der Waals surface area contributed by atoms with E-state index in [1.165, 1.54) is 30.4 Å². The van der Waals surface area contributed by atoms with Crippen molar-refractivity contribution in [2.45, 2.75) is 19.3 Å². The maximum absolute atomic E-state index is 5.04. The van der Waals surface area contributed by atoms with Crippen LogP contribution in [0.3, 0.4) is 0 Å². The van der Waals surface area contributed by atoms with Gasteiger partial charge < -0.3 is 4.84 Å². The Hall–Kier alpha value is -1.02. The lowest BCUT2D eigenvalue weighted by Gasteiger charge is -2.01. The first-order chi connectivity index (χ1) is 5.40. The molecule has 2 nitrogen and oxygen atoms in total. The van der Waals surface area contributed by atoms with Crippen LogP contribution in [-0.4, -0.2) is 0 Å². The second-order valence-corrected chi connectivity index (χ2v) is 2.90. The van der Waals surface area contributed by atoms with Gasteiger partial charge >= 0.3 is 0 Å². The monoisotopic (exact) mass is 149 g/mol. The predicted octanol–water partition coefficient (Wildman–Crippen LogP) is 1.43. The molecule has 0 bridgehead atoms. The molecule has 2 N–H and O–H groups in total. The van der Waals surface area contributed by atoms with Crippen molar-refractivity contribution in [3.63, 3.8) is 0 Å². The van der Waals surface area contributed by atoms with Gasteiger partial charge in [-0.2, -0.15) is 5.90 Å². The summed E-state index contributed by atoms with van der Waals surface area (Å²) in [5.41, 5.74) is 2.85. The first kappa shape index (κ1) is 6.68. The summed E-state index contributed by atoms with van der Waals surface area (Å²) in [5, 5.41) is 0. The topological polar surface area (TPSA) is 35.2 Å². The largest absolute Gasteiger partial charge is 0.412 e. The Morgan fingerprint density at radius 3 is 2.82 bits per heavy atom. The summed E-state index contributed by atoms with van der Waals surface area (Å²) in [6, 6.07) is 6.05. The zero-order valence-electron chi connectivity index (χ0n) is 6.34. The molecule has 0 unspecified atom stereocenters. The Balaban J connectivity index is 2.41. The maximum atomic E-state index is 5.04. The highest BCUT2D eigenvalue weighted by molar-refractivity contribution is 5.38. The third-order valence-corrected chi connectivity index (χ3v) is 2.21. The molecular weight excluding hydrogens is 138 g/mol. The minimum absolute atomic E-state index is 0.769.